The van der Waals surface area contributed by atoms with Crippen molar-refractivity contribution in [1.82, 2.24) is 20.2 Å². The van der Waals surface area contributed by atoms with Crippen molar-refractivity contribution in [1.29, 1.82) is 0 Å². The highest BCUT2D eigenvalue weighted by Crippen LogP contribution is 2.28. The molecule has 0 bridgehead atoms. The summed E-state index contributed by atoms with van der Waals surface area (Å²) in [5.41, 5.74) is 0.521. The van der Waals surface area contributed by atoms with Crippen LogP contribution < -0.4 is 9.47 Å². The van der Waals surface area contributed by atoms with E-state index in [9.17, 15) is 13.2 Å². The predicted octanol–water partition coefficient (Wildman–Crippen LogP) is 3.75. The highest BCUT2D eigenvalue weighted by Gasteiger charge is 2.19. The van der Waals surface area contributed by atoms with Crippen molar-refractivity contribution >= 4 is 0 Å². The summed E-state index contributed by atoms with van der Waals surface area (Å²) in [6.45, 7) is 1.63. The topological polar surface area (TPSA) is 83.2 Å². The number of methoxy groups -OCH3 is 1. The zero-order chi connectivity index (χ0) is 18.7. The first-order valence-corrected chi connectivity index (χ1v) is 7.42. The van der Waals surface area contributed by atoms with Gasteiger partial charge in [-0.15, -0.1) is 10.2 Å². The Bertz CT molecular complexity index is 887. The average molecular weight is 366 g/mol. The predicted molar refractivity (Wildman–Crippen MR) is 82.3 cm³/mol. The van der Waals surface area contributed by atoms with Gasteiger partial charge < -0.3 is 13.9 Å². The molecule has 0 saturated heterocycles. The molecule has 7 nitrogen and oxygen atoms in total. The van der Waals surface area contributed by atoms with Crippen molar-refractivity contribution in [2.24, 2.45) is 0 Å². The zero-order valence-corrected chi connectivity index (χ0v) is 13.7. The molecule has 0 amide bonds. The van der Waals surface area contributed by atoms with Crippen molar-refractivity contribution < 1.29 is 27.1 Å². The maximum absolute atomic E-state index is 14.2. The lowest BCUT2D eigenvalue weighted by Gasteiger charge is -2.15. The summed E-state index contributed by atoms with van der Waals surface area (Å²) in [7, 11) is 1.37. The molecule has 0 spiro atoms. The fourth-order valence-electron chi connectivity index (χ4n) is 2.15. The lowest BCUT2D eigenvalue weighted by Crippen LogP contribution is -2.08. The summed E-state index contributed by atoms with van der Waals surface area (Å²) in [4.78, 5) is 7.89. The number of rotatable bonds is 6. The number of ether oxygens (including phenoxy) is 2. The number of nitrogens with zero attached hydrogens (tertiary/aromatic N) is 4. The molecule has 2 aromatic heterocycles. The van der Waals surface area contributed by atoms with E-state index in [0.29, 0.717) is 0 Å². The molecule has 0 aliphatic carbocycles. The van der Waals surface area contributed by atoms with Crippen LogP contribution in [0.1, 0.15) is 30.9 Å². The van der Waals surface area contributed by atoms with Gasteiger partial charge >= 0.3 is 12.4 Å². The molecule has 0 radical (unpaired) electrons. The van der Waals surface area contributed by atoms with Crippen molar-refractivity contribution in [3.8, 4) is 23.2 Å². The second-order valence-corrected chi connectivity index (χ2v) is 5.12. The van der Waals surface area contributed by atoms with E-state index in [4.69, 9.17) is 13.9 Å². The van der Waals surface area contributed by atoms with Crippen molar-refractivity contribution in [2.45, 2.75) is 19.5 Å². The van der Waals surface area contributed by atoms with Crippen LogP contribution in [-0.4, -0.2) is 27.3 Å². The molecular weight excluding hydrogens is 353 g/mol. The maximum atomic E-state index is 14.2. The first kappa shape index (κ1) is 17.6. The van der Waals surface area contributed by atoms with Gasteiger partial charge in [-0.1, -0.05) is 12.1 Å². The van der Waals surface area contributed by atoms with E-state index in [1.165, 1.54) is 25.6 Å². The van der Waals surface area contributed by atoms with E-state index < -0.39 is 24.2 Å². The monoisotopic (exact) mass is 366 g/mol. The molecule has 1 atom stereocenters. The SMILES string of the molecule is COc1cccc(C(C)Oc2ncc(-c3nnc(C(F)F)o3)cn2)c1F. The molecule has 0 aliphatic heterocycles. The summed E-state index contributed by atoms with van der Waals surface area (Å²) < 4.78 is 54.4. The number of halogens is 3. The number of hydrogen-bond acceptors (Lipinski definition) is 7. The molecule has 2 heterocycles. The Kier molecular flexibility index (Phi) is 5.01. The summed E-state index contributed by atoms with van der Waals surface area (Å²) >= 11 is 0. The third-order valence-corrected chi connectivity index (χ3v) is 3.44. The number of hydrogen-bond donors (Lipinski definition) is 0. The molecule has 3 aromatic rings. The number of aromatic nitrogens is 4. The molecule has 1 unspecified atom stereocenters. The molecule has 0 aliphatic rings. The summed E-state index contributed by atoms with van der Waals surface area (Å²) in [5.74, 6) is -1.37. The third-order valence-electron chi connectivity index (χ3n) is 3.44. The minimum Gasteiger partial charge on any atom is -0.494 e. The Morgan fingerprint density at radius 1 is 1.12 bits per heavy atom. The molecular formula is C16H13F3N4O3. The molecule has 3 rings (SSSR count). The van der Waals surface area contributed by atoms with Crippen LogP contribution in [0.2, 0.25) is 0 Å². The minimum atomic E-state index is -2.86. The van der Waals surface area contributed by atoms with Gasteiger partial charge in [-0.2, -0.15) is 8.78 Å². The van der Waals surface area contributed by atoms with Crippen LogP contribution in [0, 0.1) is 5.82 Å². The molecule has 136 valence electrons. The van der Waals surface area contributed by atoms with E-state index in [1.807, 2.05) is 0 Å². The Morgan fingerprint density at radius 3 is 2.46 bits per heavy atom. The van der Waals surface area contributed by atoms with E-state index in [1.54, 1.807) is 19.1 Å². The van der Waals surface area contributed by atoms with Crippen molar-refractivity contribution in [2.75, 3.05) is 7.11 Å². The van der Waals surface area contributed by atoms with Crippen LogP contribution in [-0.2, 0) is 0 Å². The Labute approximate surface area is 145 Å². The number of alkyl halides is 2. The number of benzene rings is 1. The van der Waals surface area contributed by atoms with Gasteiger partial charge in [0, 0.05) is 18.0 Å². The Morgan fingerprint density at radius 2 is 1.85 bits per heavy atom. The van der Waals surface area contributed by atoms with Crippen LogP contribution in [0.15, 0.2) is 35.0 Å². The van der Waals surface area contributed by atoms with E-state index >= 15 is 0 Å². The first-order chi connectivity index (χ1) is 12.5. The van der Waals surface area contributed by atoms with E-state index in [0.717, 1.165) is 0 Å². The van der Waals surface area contributed by atoms with Gasteiger partial charge in [0.25, 0.3) is 11.8 Å². The molecule has 26 heavy (non-hydrogen) atoms. The van der Waals surface area contributed by atoms with Crippen molar-refractivity contribution in [3.63, 3.8) is 0 Å². The largest absolute Gasteiger partial charge is 0.494 e. The van der Waals surface area contributed by atoms with Crippen LogP contribution in [0.25, 0.3) is 11.5 Å². The average Bonchev–Trinajstić information content (AvgIpc) is 3.13. The highest BCUT2D eigenvalue weighted by atomic mass is 19.3. The van der Waals surface area contributed by atoms with Gasteiger partial charge in [0.1, 0.15) is 6.10 Å². The molecule has 0 saturated carbocycles. The molecule has 0 fully saturated rings. The van der Waals surface area contributed by atoms with Gasteiger partial charge in [0.2, 0.25) is 0 Å². The quantitative estimate of drug-likeness (QED) is 0.657. The highest BCUT2D eigenvalue weighted by molar-refractivity contribution is 5.49. The van der Waals surface area contributed by atoms with E-state index in [2.05, 4.69) is 20.2 Å². The van der Waals surface area contributed by atoms with Crippen molar-refractivity contribution in [3.05, 3.63) is 47.9 Å². The smallest absolute Gasteiger partial charge is 0.316 e. The van der Waals surface area contributed by atoms with Crippen LogP contribution in [0.5, 0.6) is 11.8 Å². The summed E-state index contributed by atoms with van der Waals surface area (Å²) in [6, 6.07) is 4.66. The fourth-order valence-corrected chi connectivity index (χ4v) is 2.15. The van der Waals surface area contributed by atoms with Gasteiger partial charge in [-0.25, -0.2) is 14.4 Å². The maximum Gasteiger partial charge on any atom is 0.316 e. The Hall–Kier alpha value is -3.17. The fraction of sp³-hybridized carbons (Fsp3) is 0.250. The van der Waals surface area contributed by atoms with E-state index in [-0.39, 0.29) is 28.8 Å². The third kappa shape index (κ3) is 3.58. The zero-order valence-electron chi connectivity index (χ0n) is 13.7. The van der Waals surface area contributed by atoms with Gasteiger partial charge in [-0.3, -0.25) is 0 Å². The minimum absolute atomic E-state index is 0.0305. The molecule has 0 N–H and O–H groups in total. The molecule has 1 aromatic carbocycles. The molecule has 10 heteroatoms. The standard InChI is InChI=1S/C16H13F3N4O3/c1-8(10-4-3-5-11(24-2)12(10)17)25-16-20-6-9(7-21-16)14-22-23-15(26-14)13(18)19/h3-8,13H,1-2H3. The van der Waals surface area contributed by atoms with Gasteiger partial charge in [0.05, 0.1) is 12.7 Å². The lowest BCUT2D eigenvalue weighted by molar-refractivity contribution is 0.116. The summed E-state index contributed by atoms with van der Waals surface area (Å²) in [6.07, 6.45) is -0.998. The van der Waals surface area contributed by atoms with Gasteiger partial charge in [-0.05, 0) is 13.0 Å². The van der Waals surface area contributed by atoms with Crippen LogP contribution >= 0.6 is 0 Å². The lowest BCUT2D eigenvalue weighted by atomic mass is 10.1. The van der Waals surface area contributed by atoms with Gasteiger partial charge in [0.15, 0.2) is 11.6 Å². The second kappa shape index (κ2) is 7.38. The first-order valence-electron chi connectivity index (χ1n) is 7.42. The van der Waals surface area contributed by atoms with Crippen LogP contribution in [0.4, 0.5) is 13.2 Å². The summed E-state index contributed by atoms with van der Waals surface area (Å²) in [5, 5.41) is 6.72. The van der Waals surface area contributed by atoms with Crippen LogP contribution in [0.3, 0.4) is 0 Å². The second-order valence-electron chi connectivity index (χ2n) is 5.12. The Balaban J connectivity index is 1.74. The normalized spacial score (nSPS) is 12.2.